The summed E-state index contributed by atoms with van der Waals surface area (Å²) < 4.78 is 32.3. The molecule has 0 aliphatic heterocycles. The number of rotatable bonds is 32. The van der Waals surface area contributed by atoms with Crippen LogP contribution in [-0.2, 0) is 14.9 Å². The van der Waals surface area contributed by atoms with Gasteiger partial charge in [0.25, 0.3) is 10.1 Å². The Hall–Kier alpha value is -2.74. The van der Waals surface area contributed by atoms with Gasteiger partial charge < -0.3 is 10.4 Å². The highest BCUT2D eigenvalue weighted by atomic mass is 32.2. The molecular formula is C42H69NO5S. The summed E-state index contributed by atoms with van der Waals surface area (Å²) in [7, 11) is -4.36. The number of nitrogens with one attached hydrogen (secondary N) is 1. The van der Waals surface area contributed by atoms with E-state index in [9.17, 15) is 22.9 Å². The van der Waals surface area contributed by atoms with E-state index in [1.165, 1.54) is 51.0 Å². The first-order valence-corrected chi connectivity index (χ1v) is 20.5. The fraction of sp³-hybridized carbons (Fsp3) is 0.595. The Morgan fingerprint density at radius 2 is 0.980 bits per heavy atom. The second-order valence-electron chi connectivity index (χ2n) is 12.5. The normalized spacial score (nSPS) is 14.4. The molecule has 3 N–H and O–H groups in total. The van der Waals surface area contributed by atoms with Crippen molar-refractivity contribution in [1.82, 2.24) is 5.32 Å². The van der Waals surface area contributed by atoms with Crippen molar-refractivity contribution in [2.24, 2.45) is 0 Å². The van der Waals surface area contributed by atoms with Crippen LogP contribution in [0, 0.1) is 0 Å². The van der Waals surface area contributed by atoms with Gasteiger partial charge in [-0.2, -0.15) is 8.42 Å². The summed E-state index contributed by atoms with van der Waals surface area (Å²) in [6.07, 6.45) is 52.5. The summed E-state index contributed by atoms with van der Waals surface area (Å²) in [5.74, 6) is -1.07. The predicted molar refractivity (Wildman–Crippen MR) is 211 cm³/mol. The summed E-state index contributed by atoms with van der Waals surface area (Å²) in [4.78, 5) is 12.4. The fourth-order valence-electron chi connectivity index (χ4n) is 4.97. The molecular weight excluding hydrogens is 631 g/mol. The van der Waals surface area contributed by atoms with Crippen LogP contribution in [0.1, 0.15) is 142 Å². The molecule has 0 saturated carbocycles. The first kappa shape index (κ1) is 46.3. The molecule has 2 unspecified atom stereocenters. The van der Waals surface area contributed by atoms with Crippen LogP contribution in [0.25, 0.3) is 0 Å². The zero-order chi connectivity index (χ0) is 36.1. The first-order chi connectivity index (χ1) is 23.8. The molecule has 0 saturated heterocycles. The minimum absolute atomic E-state index is 0.209. The van der Waals surface area contributed by atoms with Crippen molar-refractivity contribution in [3.63, 3.8) is 0 Å². The van der Waals surface area contributed by atoms with Crippen molar-refractivity contribution in [2.75, 3.05) is 5.75 Å². The molecule has 0 fully saturated rings. The van der Waals surface area contributed by atoms with E-state index in [4.69, 9.17) is 0 Å². The van der Waals surface area contributed by atoms with Crippen molar-refractivity contribution in [2.45, 2.75) is 154 Å². The second-order valence-corrected chi connectivity index (χ2v) is 14.0. The van der Waals surface area contributed by atoms with Crippen molar-refractivity contribution in [1.29, 1.82) is 0 Å². The minimum Gasteiger partial charge on any atom is -0.387 e. The molecule has 0 heterocycles. The van der Waals surface area contributed by atoms with E-state index in [2.05, 4.69) is 98.2 Å². The molecule has 7 heteroatoms. The Morgan fingerprint density at radius 1 is 0.571 bits per heavy atom. The molecule has 0 aromatic carbocycles. The van der Waals surface area contributed by atoms with E-state index >= 15 is 0 Å². The number of carbonyl (C=O) groups excluding carboxylic acids is 1. The predicted octanol–water partition coefficient (Wildman–Crippen LogP) is 11.0. The van der Waals surface area contributed by atoms with E-state index < -0.39 is 28.0 Å². The highest BCUT2D eigenvalue weighted by Gasteiger charge is 2.24. The number of carbonyl (C=O) groups is 1. The van der Waals surface area contributed by atoms with Gasteiger partial charge in [-0.25, -0.2) is 0 Å². The summed E-state index contributed by atoms with van der Waals surface area (Å²) in [5, 5.41) is 13.1. The molecule has 1 amide bonds. The highest BCUT2D eigenvalue weighted by Crippen LogP contribution is 2.11. The van der Waals surface area contributed by atoms with E-state index in [0.717, 1.165) is 70.6 Å². The van der Waals surface area contributed by atoms with Crippen LogP contribution in [0.4, 0.5) is 0 Å². The third-order valence-electron chi connectivity index (χ3n) is 7.77. The summed E-state index contributed by atoms with van der Waals surface area (Å²) in [5.41, 5.74) is 0. The van der Waals surface area contributed by atoms with Gasteiger partial charge in [0.2, 0.25) is 5.91 Å². The van der Waals surface area contributed by atoms with E-state index in [-0.39, 0.29) is 12.3 Å². The third-order valence-corrected chi connectivity index (χ3v) is 8.55. The van der Waals surface area contributed by atoms with Gasteiger partial charge >= 0.3 is 0 Å². The van der Waals surface area contributed by atoms with Crippen LogP contribution in [-0.4, -0.2) is 41.9 Å². The van der Waals surface area contributed by atoms with Gasteiger partial charge in [0.15, 0.2) is 0 Å². The number of unbranched alkanes of at least 4 members (excludes halogenated alkanes) is 10. The van der Waals surface area contributed by atoms with Gasteiger partial charge in [-0.1, -0.05) is 162 Å². The average molecular weight is 700 g/mol. The first-order valence-electron chi connectivity index (χ1n) is 18.9. The maximum atomic E-state index is 12.4. The minimum atomic E-state index is -4.36. The second kappa shape index (κ2) is 35.1. The molecule has 0 aliphatic carbocycles. The maximum absolute atomic E-state index is 12.4. The van der Waals surface area contributed by atoms with Crippen LogP contribution < -0.4 is 5.32 Å². The topological polar surface area (TPSA) is 104 Å². The summed E-state index contributed by atoms with van der Waals surface area (Å²) >= 11 is 0. The van der Waals surface area contributed by atoms with Crippen molar-refractivity contribution in [3.8, 4) is 0 Å². The Morgan fingerprint density at radius 3 is 1.43 bits per heavy atom. The number of aliphatic hydroxyl groups is 1. The van der Waals surface area contributed by atoms with Crippen LogP contribution in [0.15, 0.2) is 97.2 Å². The molecule has 0 aliphatic rings. The van der Waals surface area contributed by atoms with E-state index in [1.807, 2.05) is 12.2 Å². The molecule has 2 atom stereocenters. The molecule has 0 spiro atoms. The van der Waals surface area contributed by atoms with Crippen LogP contribution in [0.2, 0.25) is 0 Å². The molecule has 278 valence electrons. The number of hydrogen-bond donors (Lipinski definition) is 3. The molecule has 0 radical (unpaired) electrons. The molecule has 6 nitrogen and oxygen atoms in total. The van der Waals surface area contributed by atoms with Crippen LogP contribution in [0.3, 0.4) is 0 Å². The largest absolute Gasteiger partial charge is 0.387 e. The molecule has 0 rings (SSSR count). The Kier molecular flexibility index (Phi) is 33.1. The average Bonchev–Trinajstić information content (AvgIpc) is 3.06. The quantitative estimate of drug-likeness (QED) is 0.0368. The van der Waals surface area contributed by atoms with E-state index in [1.54, 1.807) is 0 Å². The smallest absolute Gasteiger partial charge is 0.267 e. The van der Waals surface area contributed by atoms with Crippen LogP contribution >= 0.6 is 0 Å². The molecule has 0 aromatic rings. The van der Waals surface area contributed by atoms with Gasteiger partial charge in [0, 0.05) is 6.42 Å². The summed E-state index contributed by atoms with van der Waals surface area (Å²) in [6.45, 7) is 4.37. The maximum Gasteiger partial charge on any atom is 0.267 e. The van der Waals surface area contributed by atoms with Gasteiger partial charge in [-0.05, 0) is 70.6 Å². The van der Waals surface area contributed by atoms with Gasteiger partial charge in [-0.15, -0.1) is 0 Å². The van der Waals surface area contributed by atoms with Gasteiger partial charge in [0.05, 0.1) is 17.9 Å². The van der Waals surface area contributed by atoms with Gasteiger partial charge in [-0.3, -0.25) is 9.35 Å². The number of allylic oxidation sites excluding steroid dienone is 15. The summed E-state index contributed by atoms with van der Waals surface area (Å²) in [6, 6.07) is -1.09. The monoisotopic (exact) mass is 699 g/mol. The highest BCUT2D eigenvalue weighted by molar-refractivity contribution is 7.85. The molecule has 0 bridgehead atoms. The fourth-order valence-corrected chi connectivity index (χ4v) is 5.70. The SMILES string of the molecule is CC/C=C\C/C=C\C/C=C\C/C=C\C/C=C\C/C=C\C/C=C\CCCC(=O)NC(CS(=O)(=O)O)C(O)/C=C/CCCCCCCCCCC. The lowest BCUT2D eigenvalue weighted by Crippen LogP contribution is -2.46. The molecule has 0 aromatic heterocycles. The lowest BCUT2D eigenvalue weighted by Gasteiger charge is -2.21. The van der Waals surface area contributed by atoms with Crippen molar-refractivity contribution < 1.29 is 22.9 Å². The van der Waals surface area contributed by atoms with Crippen molar-refractivity contribution in [3.05, 3.63) is 97.2 Å². The van der Waals surface area contributed by atoms with Crippen LogP contribution in [0.5, 0.6) is 0 Å². The lowest BCUT2D eigenvalue weighted by atomic mass is 10.1. The zero-order valence-corrected chi connectivity index (χ0v) is 31.6. The number of aliphatic hydroxyl groups excluding tert-OH is 1. The standard InChI is InChI=1S/C42H69NO5S/c1-3-5-7-9-11-13-15-16-17-18-19-20-21-22-23-24-25-26-28-30-32-34-36-38-42(45)43-40(39-49(46,47)48)41(44)37-35-33-31-29-27-14-12-10-8-6-4-2/h5,7,11,13,16-17,19-20,22-23,25-26,30,32,35,37,40-41,44H,3-4,6,8-10,12,14-15,18,21,24,27-29,31,33-34,36,38-39H2,1-2H3,(H,43,45)(H,46,47,48)/b7-5-,13-11-,17-16-,20-19-,23-22-,26-25-,32-30-,37-35+. The van der Waals surface area contributed by atoms with Gasteiger partial charge in [0.1, 0.15) is 0 Å². The Bertz CT molecular complexity index is 1130. The lowest BCUT2D eigenvalue weighted by molar-refractivity contribution is -0.122. The Labute approximate surface area is 300 Å². The third kappa shape index (κ3) is 36.4. The molecule has 49 heavy (non-hydrogen) atoms. The number of amides is 1. The van der Waals surface area contributed by atoms with Crippen molar-refractivity contribution >= 4 is 16.0 Å². The zero-order valence-electron chi connectivity index (χ0n) is 30.8. The Balaban J connectivity index is 4.11. The van der Waals surface area contributed by atoms with E-state index in [0.29, 0.717) is 6.42 Å². The number of hydrogen-bond acceptors (Lipinski definition) is 4.